The first-order valence-electron chi connectivity index (χ1n) is 10.3. The fraction of sp³-hybridized carbons (Fsp3) is 0.125. The largest absolute Gasteiger partial charge is 0.456 e. The molecule has 0 radical (unpaired) electrons. The van der Waals surface area contributed by atoms with Crippen LogP contribution in [0.5, 0.6) is 11.5 Å². The van der Waals surface area contributed by atoms with Crippen molar-refractivity contribution < 1.29 is 23.9 Å². The van der Waals surface area contributed by atoms with Gasteiger partial charge in [0, 0.05) is 40.2 Å². The molecule has 3 aromatic rings. The molecule has 1 spiro atoms. The molecule has 0 unspecified atom stereocenters. The van der Waals surface area contributed by atoms with Gasteiger partial charge in [0.25, 0.3) is 0 Å². The number of amides is 2. The van der Waals surface area contributed by atoms with Gasteiger partial charge in [-0.3, -0.25) is 9.59 Å². The standard InChI is InChI=1S/C24H20N4O5/c25-11-21(29)27-13-5-7-17-19(9-13)32-20-10-14(28-22(30)12-26)6-8-18(20)24(17)16-4-2-1-3-15(16)23(31)33-24/h1-10H,11-12,25-26H2,(H,27,29)(H,28,30). The second-order valence-electron chi connectivity index (χ2n) is 7.64. The number of hydrogen-bond donors (Lipinski definition) is 4. The molecule has 0 aromatic heterocycles. The molecule has 2 aliphatic heterocycles. The highest BCUT2D eigenvalue weighted by Gasteiger charge is 2.53. The molecule has 5 rings (SSSR count). The molecule has 166 valence electrons. The van der Waals surface area contributed by atoms with E-state index in [9.17, 15) is 14.4 Å². The van der Waals surface area contributed by atoms with Gasteiger partial charge in [-0.15, -0.1) is 0 Å². The third kappa shape index (κ3) is 3.22. The second kappa shape index (κ2) is 7.73. The normalized spacial score (nSPS) is 14.4. The molecule has 9 heteroatoms. The number of esters is 1. The van der Waals surface area contributed by atoms with E-state index in [0.29, 0.717) is 45.1 Å². The molecule has 2 amide bonds. The number of carbonyl (C=O) groups is 3. The maximum atomic E-state index is 12.9. The van der Waals surface area contributed by atoms with E-state index in [1.807, 2.05) is 12.1 Å². The molecular weight excluding hydrogens is 424 g/mol. The zero-order chi connectivity index (χ0) is 23.2. The molecule has 0 atom stereocenters. The molecule has 0 bridgehead atoms. The van der Waals surface area contributed by atoms with Gasteiger partial charge in [0.05, 0.1) is 18.7 Å². The molecule has 0 fully saturated rings. The SMILES string of the molecule is NCC(=O)Nc1ccc2c(c1)Oc1cc(NC(=O)CN)ccc1C21OC(=O)c2ccccc21. The van der Waals surface area contributed by atoms with Gasteiger partial charge in [0.1, 0.15) is 11.5 Å². The zero-order valence-electron chi connectivity index (χ0n) is 17.4. The van der Waals surface area contributed by atoms with Gasteiger partial charge in [0.15, 0.2) is 5.60 Å². The second-order valence-corrected chi connectivity index (χ2v) is 7.64. The van der Waals surface area contributed by atoms with Crippen molar-refractivity contribution in [1.29, 1.82) is 0 Å². The minimum Gasteiger partial charge on any atom is -0.456 e. The van der Waals surface area contributed by atoms with E-state index in [-0.39, 0.29) is 24.9 Å². The van der Waals surface area contributed by atoms with E-state index < -0.39 is 11.6 Å². The number of nitrogens with one attached hydrogen (secondary N) is 2. The molecule has 6 N–H and O–H groups in total. The Labute approximate surface area is 188 Å². The van der Waals surface area contributed by atoms with E-state index in [4.69, 9.17) is 20.9 Å². The topological polar surface area (TPSA) is 146 Å². The van der Waals surface area contributed by atoms with Crippen LogP contribution in [0.3, 0.4) is 0 Å². The molecule has 2 heterocycles. The minimum absolute atomic E-state index is 0.167. The van der Waals surface area contributed by atoms with Crippen LogP contribution in [-0.4, -0.2) is 30.9 Å². The Bertz CT molecular complexity index is 1250. The third-order valence-electron chi connectivity index (χ3n) is 5.65. The first-order chi connectivity index (χ1) is 16.0. The summed E-state index contributed by atoms with van der Waals surface area (Å²) in [7, 11) is 0. The average molecular weight is 444 g/mol. The lowest BCUT2D eigenvalue weighted by molar-refractivity contribution is -0.115. The lowest BCUT2D eigenvalue weighted by Crippen LogP contribution is -2.33. The highest BCUT2D eigenvalue weighted by molar-refractivity contribution is 5.98. The molecule has 0 saturated carbocycles. The monoisotopic (exact) mass is 444 g/mol. The van der Waals surface area contributed by atoms with E-state index in [1.54, 1.807) is 48.5 Å². The first-order valence-corrected chi connectivity index (χ1v) is 10.3. The van der Waals surface area contributed by atoms with Crippen LogP contribution in [0.4, 0.5) is 11.4 Å². The van der Waals surface area contributed by atoms with Crippen molar-refractivity contribution in [2.45, 2.75) is 5.60 Å². The summed E-state index contributed by atoms with van der Waals surface area (Å²) >= 11 is 0. The Morgan fingerprint density at radius 3 is 1.88 bits per heavy atom. The summed E-state index contributed by atoms with van der Waals surface area (Å²) < 4.78 is 12.2. The van der Waals surface area contributed by atoms with Crippen molar-refractivity contribution in [2.24, 2.45) is 11.5 Å². The number of benzene rings is 3. The smallest absolute Gasteiger partial charge is 0.340 e. The van der Waals surface area contributed by atoms with Crippen molar-refractivity contribution in [1.82, 2.24) is 0 Å². The molecule has 2 aliphatic rings. The highest BCUT2D eigenvalue weighted by Crippen LogP contribution is 2.56. The van der Waals surface area contributed by atoms with Crippen molar-refractivity contribution >= 4 is 29.2 Å². The van der Waals surface area contributed by atoms with E-state index in [1.165, 1.54) is 0 Å². The summed E-state index contributed by atoms with van der Waals surface area (Å²) in [5.41, 5.74) is 12.9. The summed E-state index contributed by atoms with van der Waals surface area (Å²) in [6.45, 7) is -0.334. The Morgan fingerprint density at radius 1 is 0.788 bits per heavy atom. The Hall–Kier alpha value is -4.21. The molecule has 9 nitrogen and oxygen atoms in total. The van der Waals surface area contributed by atoms with Crippen LogP contribution in [0.15, 0.2) is 60.7 Å². The van der Waals surface area contributed by atoms with Gasteiger partial charge in [-0.05, 0) is 30.3 Å². The van der Waals surface area contributed by atoms with Gasteiger partial charge < -0.3 is 31.6 Å². The van der Waals surface area contributed by atoms with Crippen LogP contribution in [0.25, 0.3) is 0 Å². The van der Waals surface area contributed by atoms with Crippen LogP contribution in [0.1, 0.15) is 27.0 Å². The fourth-order valence-electron chi connectivity index (χ4n) is 4.26. The van der Waals surface area contributed by atoms with Crippen LogP contribution < -0.4 is 26.8 Å². The van der Waals surface area contributed by atoms with Crippen LogP contribution in [0.2, 0.25) is 0 Å². The van der Waals surface area contributed by atoms with Crippen molar-refractivity contribution in [2.75, 3.05) is 23.7 Å². The van der Waals surface area contributed by atoms with Gasteiger partial charge in [-0.1, -0.05) is 18.2 Å². The maximum Gasteiger partial charge on any atom is 0.340 e. The average Bonchev–Trinajstić information content (AvgIpc) is 3.11. The van der Waals surface area contributed by atoms with Crippen LogP contribution in [0, 0.1) is 0 Å². The van der Waals surface area contributed by atoms with E-state index >= 15 is 0 Å². The Kier molecular flexibility index (Phi) is 4.85. The summed E-state index contributed by atoms with van der Waals surface area (Å²) in [6, 6.07) is 17.4. The number of fused-ring (bicyclic) bond motifs is 6. The molecule has 33 heavy (non-hydrogen) atoms. The lowest BCUT2D eigenvalue weighted by Gasteiger charge is -2.36. The van der Waals surface area contributed by atoms with Crippen molar-refractivity contribution in [3.63, 3.8) is 0 Å². The van der Waals surface area contributed by atoms with Gasteiger partial charge in [0.2, 0.25) is 11.8 Å². The van der Waals surface area contributed by atoms with Gasteiger partial charge in [-0.2, -0.15) is 0 Å². The Morgan fingerprint density at radius 2 is 1.33 bits per heavy atom. The predicted molar refractivity (Wildman–Crippen MR) is 120 cm³/mol. The van der Waals surface area contributed by atoms with Crippen molar-refractivity contribution in [3.8, 4) is 11.5 Å². The van der Waals surface area contributed by atoms with Gasteiger partial charge >= 0.3 is 5.97 Å². The summed E-state index contributed by atoms with van der Waals surface area (Å²) in [4.78, 5) is 36.4. The van der Waals surface area contributed by atoms with Crippen molar-refractivity contribution in [3.05, 3.63) is 82.9 Å². The van der Waals surface area contributed by atoms with E-state index in [2.05, 4.69) is 10.6 Å². The summed E-state index contributed by atoms with van der Waals surface area (Å²) in [5.74, 6) is -0.380. The Balaban J connectivity index is 1.71. The lowest BCUT2D eigenvalue weighted by atomic mass is 9.77. The number of rotatable bonds is 4. The molecule has 3 aromatic carbocycles. The maximum absolute atomic E-state index is 12.9. The molecular formula is C24H20N4O5. The number of ether oxygens (including phenoxy) is 2. The third-order valence-corrected chi connectivity index (χ3v) is 5.65. The summed E-state index contributed by atoms with van der Waals surface area (Å²) in [6.07, 6.45) is 0. The zero-order valence-corrected chi connectivity index (χ0v) is 17.4. The van der Waals surface area contributed by atoms with Crippen LogP contribution >= 0.6 is 0 Å². The predicted octanol–water partition coefficient (Wildman–Crippen LogP) is 2.05. The number of nitrogens with two attached hydrogens (primary N) is 2. The highest BCUT2D eigenvalue weighted by atomic mass is 16.6. The first kappa shape index (κ1) is 20.7. The summed E-state index contributed by atoms with van der Waals surface area (Å²) in [5, 5.41) is 5.39. The molecule has 0 aliphatic carbocycles. The number of carbonyl (C=O) groups excluding carboxylic acids is 3. The molecule has 0 saturated heterocycles. The fourth-order valence-corrected chi connectivity index (χ4v) is 4.26. The van der Waals surface area contributed by atoms with Crippen LogP contribution in [-0.2, 0) is 19.9 Å². The van der Waals surface area contributed by atoms with E-state index in [0.717, 1.165) is 0 Å². The quantitative estimate of drug-likeness (QED) is 0.451. The minimum atomic E-state index is -1.25. The number of hydrogen-bond acceptors (Lipinski definition) is 7. The van der Waals surface area contributed by atoms with Gasteiger partial charge in [-0.25, -0.2) is 4.79 Å². The number of anilines is 2.